The molecular formula is C23H28ClN3O2. The number of para-hydroxylation sites is 1. The number of carbonyl (C=O) groups is 2. The minimum absolute atomic E-state index is 0. The van der Waals surface area contributed by atoms with Crippen LogP contribution < -0.4 is 16.0 Å². The Morgan fingerprint density at radius 3 is 2.55 bits per heavy atom. The van der Waals surface area contributed by atoms with Gasteiger partial charge in [0.15, 0.2) is 0 Å². The van der Waals surface area contributed by atoms with Crippen LogP contribution in [0.15, 0.2) is 48.5 Å². The number of nitrogens with one attached hydrogen (secondary N) is 1. The summed E-state index contributed by atoms with van der Waals surface area (Å²) in [4.78, 5) is 26.8. The summed E-state index contributed by atoms with van der Waals surface area (Å²) < 4.78 is 0. The number of hydrogen-bond donors (Lipinski definition) is 2. The van der Waals surface area contributed by atoms with Gasteiger partial charge in [-0.1, -0.05) is 36.8 Å². The lowest BCUT2D eigenvalue weighted by Crippen LogP contribution is -2.30. The molecule has 0 radical (unpaired) electrons. The molecule has 154 valence electrons. The van der Waals surface area contributed by atoms with Crippen LogP contribution in [-0.4, -0.2) is 24.4 Å². The minimum Gasteiger partial charge on any atom is -0.327 e. The van der Waals surface area contributed by atoms with E-state index >= 15 is 0 Å². The number of nitrogens with zero attached hydrogens (tertiary/aromatic N) is 1. The van der Waals surface area contributed by atoms with E-state index in [2.05, 4.69) is 11.4 Å². The fourth-order valence-corrected chi connectivity index (χ4v) is 4.34. The van der Waals surface area contributed by atoms with Crippen LogP contribution in [-0.2, 0) is 22.4 Å². The van der Waals surface area contributed by atoms with Gasteiger partial charge in [0.05, 0.1) is 6.42 Å². The number of anilines is 2. The largest absolute Gasteiger partial charge is 0.327 e. The molecule has 2 aromatic carbocycles. The Morgan fingerprint density at radius 2 is 1.83 bits per heavy atom. The molecule has 29 heavy (non-hydrogen) atoms. The van der Waals surface area contributed by atoms with Crippen molar-refractivity contribution in [2.24, 2.45) is 11.7 Å². The van der Waals surface area contributed by atoms with Gasteiger partial charge < -0.3 is 16.0 Å². The van der Waals surface area contributed by atoms with Crippen LogP contribution in [0, 0.1) is 5.92 Å². The van der Waals surface area contributed by atoms with Gasteiger partial charge in [0, 0.05) is 30.4 Å². The van der Waals surface area contributed by atoms with Gasteiger partial charge in [-0.25, -0.2) is 0 Å². The van der Waals surface area contributed by atoms with Crippen molar-refractivity contribution < 1.29 is 9.59 Å². The van der Waals surface area contributed by atoms with Gasteiger partial charge in [-0.3, -0.25) is 9.59 Å². The Kier molecular flexibility index (Phi) is 6.93. The summed E-state index contributed by atoms with van der Waals surface area (Å²) in [5, 5.41) is 2.95. The molecule has 2 atom stereocenters. The molecule has 0 bridgehead atoms. The smallest absolute Gasteiger partial charge is 0.231 e. The Hall–Kier alpha value is -2.37. The highest BCUT2D eigenvalue weighted by Gasteiger charge is 2.26. The molecule has 6 heteroatoms. The van der Waals surface area contributed by atoms with Gasteiger partial charge in [-0.05, 0) is 54.5 Å². The standard InChI is InChI=1S/C23H27N3O2.ClH/c24-20-6-3-5-18(20)15-22(27)25-19-10-8-16(9-11-19)14-23(28)26-13-12-17-4-1-2-7-21(17)26;/h1-2,4,7-11,18,20H,3,5-6,12-15,24H2,(H,25,27);1H/t18-,20+;/m0./s1. The summed E-state index contributed by atoms with van der Waals surface area (Å²) in [7, 11) is 0. The van der Waals surface area contributed by atoms with Gasteiger partial charge in [0.25, 0.3) is 0 Å². The quantitative estimate of drug-likeness (QED) is 0.784. The molecule has 1 fully saturated rings. The van der Waals surface area contributed by atoms with Crippen LogP contribution in [0.4, 0.5) is 11.4 Å². The second kappa shape index (κ2) is 9.42. The fraction of sp³-hybridized carbons (Fsp3) is 0.391. The molecule has 2 aromatic rings. The Labute approximate surface area is 178 Å². The van der Waals surface area contributed by atoms with E-state index in [9.17, 15) is 9.59 Å². The lowest BCUT2D eigenvalue weighted by Gasteiger charge is -2.17. The molecule has 0 saturated heterocycles. The summed E-state index contributed by atoms with van der Waals surface area (Å²) in [6, 6.07) is 15.8. The SMILES string of the molecule is Cl.N[C@@H]1CCC[C@H]1CC(=O)Nc1ccc(CC(=O)N2CCc3ccccc32)cc1. The van der Waals surface area contributed by atoms with E-state index < -0.39 is 0 Å². The zero-order valence-electron chi connectivity index (χ0n) is 16.5. The number of carbonyl (C=O) groups excluding carboxylic acids is 2. The van der Waals surface area contributed by atoms with Crippen LogP contribution in [0.5, 0.6) is 0 Å². The molecule has 0 aromatic heterocycles. The third kappa shape index (κ3) is 4.98. The highest BCUT2D eigenvalue weighted by Crippen LogP contribution is 2.29. The number of amides is 2. The third-order valence-electron chi connectivity index (χ3n) is 5.95. The van der Waals surface area contributed by atoms with E-state index in [0.717, 1.165) is 49.2 Å². The molecule has 0 unspecified atom stereocenters. The molecule has 2 amide bonds. The average molecular weight is 414 g/mol. The maximum Gasteiger partial charge on any atom is 0.231 e. The Morgan fingerprint density at radius 1 is 1.07 bits per heavy atom. The summed E-state index contributed by atoms with van der Waals surface area (Å²) in [5.74, 6) is 0.414. The van der Waals surface area contributed by atoms with Gasteiger partial charge >= 0.3 is 0 Å². The van der Waals surface area contributed by atoms with Crippen molar-refractivity contribution >= 4 is 35.6 Å². The van der Waals surface area contributed by atoms with E-state index in [-0.39, 0.29) is 30.3 Å². The molecule has 0 spiro atoms. The van der Waals surface area contributed by atoms with Gasteiger partial charge in [0.2, 0.25) is 11.8 Å². The van der Waals surface area contributed by atoms with E-state index in [1.54, 1.807) is 0 Å². The molecule has 2 aliphatic rings. The van der Waals surface area contributed by atoms with Crippen LogP contribution in [0.25, 0.3) is 0 Å². The zero-order chi connectivity index (χ0) is 19.5. The van der Waals surface area contributed by atoms with Gasteiger partial charge in [0.1, 0.15) is 0 Å². The number of hydrogen-bond acceptors (Lipinski definition) is 3. The molecule has 1 saturated carbocycles. The molecular weight excluding hydrogens is 386 g/mol. The number of nitrogens with two attached hydrogens (primary N) is 1. The first-order chi connectivity index (χ1) is 13.6. The van der Waals surface area contributed by atoms with Crippen LogP contribution >= 0.6 is 12.4 Å². The Balaban J connectivity index is 0.00000240. The van der Waals surface area contributed by atoms with Gasteiger partial charge in [-0.15, -0.1) is 12.4 Å². The number of fused-ring (bicyclic) bond motifs is 1. The zero-order valence-corrected chi connectivity index (χ0v) is 17.3. The third-order valence-corrected chi connectivity index (χ3v) is 5.95. The first-order valence-corrected chi connectivity index (χ1v) is 10.1. The number of halogens is 1. The Bertz CT molecular complexity index is 869. The number of benzene rings is 2. The van der Waals surface area contributed by atoms with E-state index in [1.165, 1.54) is 5.56 Å². The van der Waals surface area contributed by atoms with Crippen LogP contribution in [0.3, 0.4) is 0 Å². The van der Waals surface area contributed by atoms with Crippen molar-refractivity contribution in [3.63, 3.8) is 0 Å². The molecule has 5 nitrogen and oxygen atoms in total. The summed E-state index contributed by atoms with van der Waals surface area (Å²) >= 11 is 0. The summed E-state index contributed by atoms with van der Waals surface area (Å²) in [6.45, 7) is 0.746. The second-order valence-electron chi connectivity index (χ2n) is 7.90. The van der Waals surface area contributed by atoms with Crippen molar-refractivity contribution in [2.45, 2.75) is 44.6 Å². The molecule has 1 aliphatic carbocycles. The predicted molar refractivity (Wildman–Crippen MR) is 118 cm³/mol. The van der Waals surface area contributed by atoms with Crippen molar-refractivity contribution in [3.8, 4) is 0 Å². The van der Waals surface area contributed by atoms with Crippen molar-refractivity contribution in [2.75, 3.05) is 16.8 Å². The predicted octanol–water partition coefficient (Wildman–Crippen LogP) is 3.70. The van der Waals surface area contributed by atoms with E-state index in [4.69, 9.17) is 5.73 Å². The normalized spacial score (nSPS) is 20.1. The first kappa shape index (κ1) is 21.3. The second-order valence-corrected chi connectivity index (χ2v) is 7.90. The summed E-state index contributed by atoms with van der Waals surface area (Å²) in [6.07, 6.45) is 4.92. The molecule has 3 N–H and O–H groups in total. The van der Waals surface area contributed by atoms with Crippen molar-refractivity contribution in [1.82, 2.24) is 0 Å². The van der Waals surface area contributed by atoms with E-state index in [0.29, 0.717) is 18.8 Å². The van der Waals surface area contributed by atoms with Gasteiger partial charge in [-0.2, -0.15) is 0 Å². The number of rotatable bonds is 5. The van der Waals surface area contributed by atoms with E-state index in [1.807, 2.05) is 47.4 Å². The lowest BCUT2D eigenvalue weighted by atomic mass is 10.00. The summed E-state index contributed by atoms with van der Waals surface area (Å²) in [5.41, 5.74) is 10.0. The highest BCUT2D eigenvalue weighted by molar-refractivity contribution is 5.97. The topological polar surface area (TPSA) is 75.4 Å². The average Bonchev–Trinajstić information content (AvgIpc) is 3.30. The molecule has 1 aliphatic heterocycles. The minimum atomic E-state index is 0. The molecule has 4 rings (SSSR count). The van der Waals surface area contributed by atoms with Crippen molar-refractivity contribution in [1.29, 1.82) is 0 Å². The highest BCUT2D eigenvalue weighted by atomic mass is 35.5. The first-order valence-electron chi connectivity index (χ1n) is 10.1. The lowest BCUT2D eigenvalue weighted by molar-refractivity contribution is -0.118. The fourth-order valence-electron chi connectivity index (χ4n) is 4.34. The maximum absolute atomic E-state index is 12.7. The van der Waals surface area contributed by atoms with Crippen molar-refractivity contribution in [3.05, 3.63) is 59.7 Å². The van der Waals surface area contributed by atoms with Crippen LogP contribution in [0.1, 0.15) is 36.8 Å². The van der Waals surface area contributed by atoms with Crippen LogP contribution in [0.2, 0.25) is 0 Å². The maximum atomic E-state index is 12.7. The monoisotopic (exact) mass is 413 g/mol. The molecule has 1 heterocycles.